The van der Waals surface area contributed by atoms with Crippen LogP contribution in [0.1, 0.15) is 17.0 Å². The summed E-state index contributed by atoms with van der Waals surface area (Å²) in [5.41, 5.74) is 2.80. The minimum Gasteiger partial charge on any atom is -0.381 e. The molecule has 0 saturated carbocycles. The monoisotopic (exact) mass is 261 g/mol. The third kappa shape index (κ3) is 2.74. The van der Waals surface area contributed by atoms with Gasteiger partial charge in [0.25, 0.3) is 0 Å². The van der Waals surface area contributed by atoms with Crippen molar-refractivity contribution in [1.82, 2.24) is 4.57 Å². The average molecular weight is 261 g/mol. The Balaban J connectivity index is 2.17. The van der Waals surface area contributed by atoms with Crippen molar-refractivity contribution >= 4 is 5.69 Å². The van der Waals surface area contributed by atoms with Crippen LogP contribution in [0, 0.1) is 29.9 Å². The Morgan fingerprint density at radius 1 is 1.21 bits per heavy atom. The van der Waals surface area contributed by atoms with E-state index in [1.54, 1.807) is 17.7 Å². The molecule has 19 heavy (non-hydrogen) atoms. The van der Waals surface area contributed by atoms with E-state index in [0.717, 1.165) is 17.3 Å². The number of benzene rings is 1. The smallest absolute Gasteiger partial charge is 0.128 e. The molecule has 0 saturated heterocycles. The lowest BCUT2D eigenvalue weighted by atomic mass is 10.2. The van der Waals surface area contributed by atoms with Gasteiger partial charge in [-0.15, -0.1) is 0 Å². The van der Waals surface area contributed by atoms with E-state index in [4.69, 9.17) is 5.26 Å². The number of halogens is 2. The van der Waals surface area contributed by atoms with Crippen LogP contribution in [0.4, 0.5) is 14.5 Å². The van der Waals surface area contributed by atoms with Crippen molar-refractivity contribution < 1.29 is 8.78 Å². The summed E-state index contributed by atoms with van der Waals surface area (Å²) < 4.78 is 27.8. The van der Waals surface area contributed by atoms with Gasteiger partial charge in [-0.1, -0.05) is 0 Å². The van der Waals surface area contributed by atoms with Crippen LogP contribution in [0.25, 0.3) is 0 Å². The number of nitrogens with zero attached hydrogens (tertiary/aromatic N) is 2. The van der Waals surface area contributed by atoms with E-state index in [0.29, 0.717) is 17.9 Å². The number of nitrogens with one attached hydrogen (secondary N) is 1. The van der Waals surface area contributed by atoms with E-state index in [9.17, 15) is 8.78 Å². The number of nitriles is 1. The van der Waals surface area contributed by atoms with Crippen molar-refractivity contribution in [3.05, 3.63) is 52.9 Å². The Kier molecular flexibility index (Phi) is 3.52. The molecule has 0 spiro atoms. The first-order chi connectivity index (χ1) is 9.01. The van der Waals surface area contributed by atoms with Crippen LogP contribution in [0.3, 0.4) is 0 Å². The molecular weight excluding hydrogens is 248 g/mol. The van der Waals surface area contributed by atoms with Crippen molar-refractivity contribution in [3.8, 4) is 6.07 Å². The van der Waals surface area contributed by atoms with Gasteiger partial charge in [-0.2, -0.15) is 5.26 Å². The number of hydrogen-bond acceptors (Lipinski definition) is 2. The van der Waals surface area contributed by atoms with Crippen LogP contribution in [0.5, 0.6) is 0 Å². The number of anilines is 1. The predicted molar refractivity (Wildman–Crippen MR) is 68.5 cm³/mol. The highest BCUT2D eigenvalue weighted by atomic mass is 19.1. The van der Waals surface area contributed by atoms with Gasteiger partial charge in [0.1, 0.15) is 23.4 Å². The molecule has 98 valence electrons. The molecule has 3 nitrogen and oxygen atoms in total. The SMILES string of the molecule is Cc1c(CNc2cc(F)cc(F)c2)cc(C#N)n1C. The van der Waals surface area contributed by atoms with Crippen molar-refractivity contribution in [2.24, 2.45) is 7.05 Å². The molecule has 2 aromatic rings. The first-order valence-corrected chi connectivity index (χ1v) is 5.76. The van der Waals surface area contributed by atoms with E-state index in [-0.39, 0.29) is 0 Å². The van der Waals surface area contributed by atoms with Gasteiger partial charge in [0.05, 0.1) is 0 Å². The standard InChI is InChI=1S/C14H13F2N3/c1-9-10(3-14(7-17)19(9)2)8-18-13-5-11(15)4-12(16)6-13/h3-6,18H,8H2,1-2H3. The van der Waals surface area contributed by atoms with Gasteiger partial charge >= 0.3 is 0 Å². The minimum atomic E-state index is -0.620. The maximum absolute atomic E-state index is 13.0. The Hall–Kier alpha value is -2.35. The van der Waals surface area contributed by atoms with Gasteiger partial charge in [-0.25, -0.2) is 8.78 Å². The molecular formula is C14H13F2N3. The highest BCUT2D eigenvalue weighted by Crippen LogP contribution is 2.17. The van der Waals surface area contributed by atoms with Crippen LogP contribution in [0.2, 0.25) is 0 Å². The summed E-state index contributed by atoms with van der Waals surface area (Å²) in [6.07, 6.45) is 0. The van der Waals surface area contributed by atoms with E-state index in [1.807, 2.05) is 6.92 Å². The molecule has 0 aliphatic rings. The number of rotatable bonds is 3. The van der Waals surface area contributed by atoms with Crippen LogP contribution in [-0.4, -0.2) is 4.57 Å². The Bertz CT molecular complexity index is 633. The quantitative estimate of drug-likeness (QED) is 0.922. The highest BCUT2D eigenvalue weighted by molar-refractivity contribution is 5.45. The maximum atomic E-state index is 13.0. The molecule has 0 bridgehead atoms. The van der Waals surface area contributed by atoms with E-state index < -0.39 is 11.6 Å². The molecule has 0 fully saturated rings. The van der Waals surface area contributed by atoms with Gasteiger partial charge < -0.3 is 9.88 Å². The Morgan fingerprint density at radius 2 is 1.84 bits per heavy atom. The van der Waals surface area contributed by atoms with Gasteiger partial charge in [0.2, 0.25) is 0 Å². The predicted octanol–water partition coefficient (Wildman–Crippen LogP) is 3.10. The average Bonchev–Trinajstić information content (AvgIpc) is 2.62. The maximum Gasteiger partial charge on any atom is 0.128 e. The third-order valence-electron chi connectivity index (χ3n) is 3.10. The fourth-order valence-corrected chi connectivity index (χ4v) is 1.90. The second-order valence-corrected chi connectivity index (χ2v) is 4.32. The summed E-state index contributed by atoms with van der Waals surface area (Å²) in [6, 6.07) is 7.13. The molecule has 1 heterocycles. The molecule has 0 atom stereocenters. The normalized spacial score (nSPS) is 10.3. The third-order valence-corrected chi connectivity index (χ3v) is 3.10. The van der Waals surface area contributed by atoms with Crippen LogP contribution < -0.4 is 5.32 Å². The second kappa shape index (κ2) is 5.11. The summed E-state index contributed by atoms with van der Waals surface area (Å²) >= 11 is 0. The first-order valence-electron chi connectivity index (χ1n) is 5.76. The summed E-state index contributed by atoms with van der Waals surface area (Å²) in [5, 5.41) is 11.9. The molecule has 1 aromatic heterocycles. The lowest BCUT2D eigenvalue weighted by Gasteiger charge is -2.07. The minimum absolute atomic E-state index is 0.374. The molecule has 1 aromatic carbocycles. The van der Waals surface area contributed by atoms with Crippen LogP contribution in [-0.2, 0) is 13.6 Å². The van der Waals surface area contributed by atoms with Crippen LogP contribution >= 0.6 is 0 Å². The fraction of sp³-hybridized carbons (Fsp3) is 0.214. The van der Waals surface area contributed by atoms with E-state index in [1.165, 1.54) is 12.1 Å². The lowest BCUT2D eigenvalue weighted by Crippen LogP contribution is -2.02. The largest absolute Gasteiger partial charge is 0.381 e. The molecule has 0 radical (unpaired) electrons. The Labute approximate surface area is 110 Å². The summed E-state index contributed by atoms with van der Waals surface area (Å²) in [7, 11) is 1.80. The van der Waals surface area contributed by atoms with Gasteiger partial charge in [0.15, 0.2) is 0 Å². The molecule has 5 heteroatoms. The topological polar surface area (TPSA) is 40.8 Å². The number of hydrogen-bond donors (Lipinski definition) is 1. The van der Waals surface area contributed by atoms with Gasteiger partial charge in [-0.3, -0.25) is 0 Å². The zero-order chi connectivity index (χ0) is 14.0. The van der Waals surface area contributed by atoms with Gasteiger partial charge in [-0.05, 0) is 30.7 Å². The number of aromatic nitrogens is 1. The molecule has 0 aliphatic heterocycles. The Morgan fingerprint density at radius 3 is 2.37 bits per heavy atom. The first kappa shape index (κ1) is 13.1. The summed E-state index contributed by atoms with van der Waals surface area (Å²) in [5.74, 6) is -1.24. The van der Waals surface area contributed by atoms with Crippen molar-refractivity contribution in [3.63, 3.8) is 0 Å². The zero-order valence-corrected chi connectivity index (χ0v) is 10.7. The van der Waals surface area contributed by atoms with E-state index in [2.05, 4.69) is 11.4 Å². The molecule has 1 N–H and O–H groups in total. The summed E-state index contributed by atoms with van der Waals surface area (Å²) in [4.78, 5) is 0. The molecule has 2 rings (SSSR count). The van der Waals surface area contributed by atoms with Crippen molar-refractivity contribution in [2.45, 2.75) is 13.5 Å². The fourth-order valence-electron chi connectivity index (χ4n) is 1.90. The lowest BCUT2D eigenvalue weighted by molar-refractivity contribution is 0.584. The second-order valence-electron chi connectivity index (χ2n) is 4.32. The van der Waals surface area contributed by atoms with Crippen LogP contribution in [0.15, 0.2) is 24.3 Å². The van der Waals surface area contributed by atoms with Crippen molar-refractivity contribution in [1.29, 1.82) is 5.26 Å². The van der Waals surface area contributed by atoms with Crippen molar-refractivity contribution in [2.75, 3.05) is 5.32 Å². The van der Waals surface area contributed by atoms with Gasteiger partial charge in [0, 0.05) is 31.0 Å². The molecule has 0 aliphatic carbocycles. The zero-order valence-electron chi connectivity index (χ0n) is 10.7. The van der Waals surface area contributed by atoms with E-state index >= 15 is 0 Å². The molecule has 0 amide bonds. The summed E-state index contributed by atoms with van der Waals surface area (Å²) in [6.45, 7) is 2.30. The molecule has 0 unspecified atom stereocenters. The highest BCUT2D eigenvalue weighted by Gasteiger charge is 2.08.